The fourth-order valence-electron chi connectivity index (χ4n) is 1.99. The van der Waals surface area contributed by atoms with Crippen molar-refractivity contribution in [2.24, 2.45) is 5.41 Å². The Morgan fingerprint density at radius 3 is 2.43 bits per heavy atom. The Bertz CT molecular complexity index is 452. The van der Waals surface area contributed by atoms with Crippen LogP contribution in [0.1, 0.15) is 41.5 Å². The smallest absolute Gasteiger partial charge is 0.407 e. The Balaban J connectivity index is 1.72. The molecule has 1 unspecified atom stereocenters. The minimum absolute atomic E-state index is 0.0649. The van der Waals surface area contributed by atoms with Gasteiger partial charge in [-0.05, 0) is 26.8 Å². The molecule has 1 aliphatic carbocycles. The monoisotopic (exact) mass is 299 g/mol. The molecule has 6 heteroatoms. The van der Waals surface area contributed by atoms with Crippen molar-refractivity contribution in [3.05, 3.63) is 11.6 Å². The summed E-state index contributed by atoms with van der Waals surface area (Å²) in [4.78, 5) is 11.5. The van der Waals surface area contributed by atoms with E-state index in [0.717, 1.165) is 0 Å². The molecule has 1 amide bonds. The molecule has 2 aliphatic rings. The zero-order valence-corrected chi connectivity index (χ0v) is 13.5. The number of ether oxygens (including phenoxy) is 3. The van der Waals surface area contributed by atoms with Crippen molar-refractivity contribution in [1.29, 1.82) is 0 Å². The molecule has 1 atom stereocenters. The van der Waals surface area contributed by atoms with Crippen LogP contribution in [0.4, 0.5) is 4.79 Å². The summed E-state index contributed by atoms with van der Waals surface area (Å²) in [6.07, 6.45) is 0.0620. The van der Waals surface area contributed by atoms with E-state index in [1.807, 2.05) is 20.8 Å². The fraction of sp³-hybridized carbons (Fsp3) is 0.800. The van der Waals surface area contributed by atoms with Gasteiger partial charge in [0.25, 0.3) is 0 Å². The molecular weight excluding hydrogens is 274 g/mol. The average Bonchev–Trinajstić information content (AvgIpc) is 2.95. The number of aliphatic hydroxyl groups is 1. The fourth-order valence-corrected chi connectivity index (χ4v) is 1.99. The Hall–Kier alpha value is -1.11. The van der Waals surface area contributed by atoms with Gasteiger partial charge in [-0.15, -0.1) is 0 Å². The number of amides is 1. The van der Waals surface area contributed by atoms with Crippen LogP contribution in [0.15, 0.2) is 11.6 Å². The Morgan fingerprint density at radius 1 is 1.38 bits per heavy atom. The predicted octanol–water partition coefficient (Wildman–Crippen LogP) is 1.93. The first kappa shape index (κ1) is 16.3. The molecule has 6 nitrogen and oxygen atoms in total. The number of carbonyl (C=O) groups excluding carboxylic acids is 1. The zero-order valence-electron chi connectivity index (χ0n) is 13.5. The van der Waals surface area contributed by atoms with Crippen molar-refractivity contribution in [2.45, 2.75) is 65.3 Å². The molecule has 2 rings (SSSR count). The second-order valence-electron chi connectivity index (χ2n) is 7.60. The molecule has 0 aromatic carbocycles. The molecule has 1 fully saturated rings. The molecule has 1 spiro atoms. The van der Waals surface area contributed by atoms with E-state index in [2.05, 4.69) is 5.32 Å². The highest BCUT2D eigenvalue weighted by Gasteiger charge is 2.62. The number of carbonyl (C=O) groups is 1. The van der Waals surface area contributed by atoms with Crippen molar-refractivity contribution in [1.82, 2.24) is 5.32 Å². The molecule has 1 aliphatic heterocycles. The Labute approximate surface area is 125 Å². The molecule has 120 valence electrons. The Morgan fingerprint density at radius 2 is 1.95 bits per heavy atom. The lowest BCUT2D eigenvalue weighted by Crippen LogP contribution is -2.53. The van der Waals surface area contributed by atoms with Crippen LogP contribution in [0, 0.1) is 5.41 Å². The van der Waals surface area contributed by atoms with Crippen molar-refractivity contribution in [3.63, 3.8) is 0 Å². The van der Waals surface area contributed by atoms with Crippen molar-refractivity contribution >= 4 is 6.09 Å². The van der Waals surface area contributed by atoms with Crippen LogP contribution < -0.4 is 5.32 Å². The minimum Gasteiger partial charge on any atom is -0.444 e. The van der Waals surface area contributed by atoms with Gasteiger partial charge in [0, 0.05) is 11.0 Å². The quantitative estimate of drug-likeness (QED) is 0.779. The molecule has 0 aromatic rings. The Kier molecular flexibility index (Phi) is 3.85. The third-order valence-electron chi connectivity index (χ3n) is 3.13. The molecule has 1 heterocycles. The maximum absolute atomic E-state index is 11.5. The van der Waals surface area contributed by atoms with Gasteiger partial charge < -0.3 is 24.6 Å². The van der Waals surface area contributed by atoms with E-state index in [9.17, 15) is 9.90 Å². The SMILES string of the molecule is CC(C)(C)OC(=O)NCC(O)C1=CC12OC(C(C)(C)C)O2. The second-order valence-corrected chi connectivity index (χ2v) is 7.60. The topological polar surface area (TPSA) is 77.0 Å². The van der Waals surface area contributed by atoms with E-state index in [-0.39, 0.29) is 18.2 Å². The van der Waals surface area contributed by atoms with Crippen LogP contribution in [0.2, 0.25) is 0 Å². The molecular formula is C15H25NO5. The lowest BCUT2D eigenvalue weighted by Gasteiger charge is -2.45. The van der Waals surface area contributed by atoms with E-state index in [4.69, 9.17) is 14.2 Å². The van der Waals surface area contributed by atoms with Crippen molar-refractivity contribution in [3.8, 4) is 0 Å². The highest BCUT2D eigenvalue weighted by atomic mass is 16.9. The molecule has 2 N–H and O–H groups in total. The summed E-state index contributed by atoms with van der Waals surface area (Å²) >= 11 is 0. The number of hydrogen-bond donors (Lipinski definition) is 2. The van der Waals surface area contributed by atoms with E-state index >= 15 is 0 Å². The van der Waals surface area contributed by atoms with Crippen LogP contribution >= 0.6 is 0 Å². The standard InChI is InChI=1S/C15H25NO5/c1-13(2,3)11-19-15(20-11)7-9(15)10(17)8-16-12(18)21-14(4,5)6/h7,10-11,17H,8H2,1-6H3,(H,16,18). The van der Waals surface area contributed by atoms with E-state index in [1.54, 1.807) is 26.8 Å². The highest BCUT2D eigenvalue weighted by molar-refractivity contribution is 5.67. The van der Waals surface area contributed by atoms with E-state index < -0.39 is 23.6 Å². The molecule has 0 bridgehead atoms. The second kappa shape index (κ2) is 4.97. The summed E-state index contributed by atoms with van der Waals surface area (Å²) < 4.78 is 16.5. The normalized spacial score (nSPS) is 29.5. The first-order chi connectivity index (χ1) is 9.43. The predicted molar refractivity (Wildman–Crippen MR) is 76.5 cm³/mol. The molecule has 21 heavy (non-hydrogen) atoms. The van der Waals surface area contributed by atoms with Gasteiger partial charge in [-0.1, -0.05) is 20.8 Å². The van der Waals surface area contributed by atoms with Gasteiger partial charge in [0.15, 0.2) is 6.29 Å². The molecule has 0 saturated carbocycles. The lowest BCUT2D eigenvalue weighted by atomic mass is 9.94. The van der Waals surface area contributed by atoms with Crippen molar-refractivity contribution < 1.29 is 24.1 Å². The van der Waals surface area contributed by atoms with Crippen LogP contribution in [-0.2, 0) is 14.2 Å². The molecule has 0 aromatic heterocycles. The zero-order chi connectivity index (χ0) is 16.1. The number of aliphatic hydroxyl groups excluding tert-OH is 1. The number of alkyl carbamates (subject to hydrolysis) is 1. The summed E-state index contributed by atoms with van der Waals surface area (Å²) in [7, 11) is 0. The number of nitrogens with one attached hydrogen (secondary N) is 1. The number of rotatable bonds is 3. The van der Waals surface area contributed by atoms with Gasteiger partial charge in [-0.3, -0.25) is 0 Å². The third-order valence-corrected chi connectivity index (χ3v) is 3.13. The maximum atomic E-state index is 11.5. The van der Waals surface area contributed by atoms with Gasteiger partial charge in [-0.2, -0.15) is 0 Å². The first-order valence-electron chi connectivity index (χ1n) is 7.17. The molecule has 1 saturated heterocycles. The highest BCUT2D eigenvalue weighted by Crippen LogP contribution is 2.53. The van der Waals surface area contributed by atoms with E-state index in [0.29, 0.717) is 5.57 Å². The van der Waals surface area contributed by atoms with Crippen LogP contribution in [0.5, 0.6) is 0 Å². The van der Waals surface area contributed by atoms with Crippen LogP contribution in [-0.4, -0.2) is 41.5 Å². The average molecular weight is 299 g/mol. The van der Waals surface area contributed by atoms with Crippen LogP contribution in [0.3, 0.4) is 0 Å². The lowest BCUT2D eigenvalue weighted by molar-refractivity contribution is -0.422. The summed E-state index contributed by atoms with van der Waals surface area (Å²) in [5, 5.41) is 12.6. The number of hydrogen-bond acceptors (Lipinski definition) is 5. The van der Waals surface area contributed by atoms with Crippen LogP contribution in [0.25, 0.3) is 0 Å². The summed E-state index contributed by atoms with van der Waals surface area (Å²) in [5.74, 6) is -0.840. The largest absolute Gasteiger partial charge is 0.444 e. The maximum Gasteiger partial charge on any atom is 0.407 e. The van der Waals surface area contributed by atoms with Gasteiger partial charge in [0.05, 0.1) is 12.6 Å². The van der Waals surface area contributed by atoms with Gasteiger partial charge in [0.1, 0.15) is 5.60 Å². The van der Waals surface area contributed by atoms with Gasteiger partial charge >= 0.3 is 6.09 Å². The summed E-state index contributed by atoms with van der Waals surface area (Å²) in [5.41, 5.74) is -0.0130. The van der Waals surface area contributed by atoms with Gasteiger partial charge in [0.2, 0.25) is 5.79 Å². The first-order valence-corrected chi connectivity index (χ1v) is 7.17. The van der Waals surface area contributed by atoms with E-state index in [1.165, 1.54) is 0 Å². The van der Waals surface area contributed by atoms with Gasteiger partial charge in [-0.25, -0.2) is 4.79 Å². The van der Waals surface area contributed by atoms with Crippen molar-refractivity contribution in [2.75, 3.05) is 6.54 Å². The summed E-state index contributed by atoms with van der Waals surface area (Å²) in [6.45, 7) is 11.5. The minimum atomic E-state index is -0.840. The molecule has 0 radical (unpaired) electrons. The summed E-state index contributed by atoms with van der Waals surface area (Å²) in [6, 6.07) is 0. The third kappa shape index (κ3) is 3.75.